The van der Waals surface area contributed by atoms with Gasteiger partial charge in [0.1, 0.15) is 11.7 Å². The molecule has 8 nitrogen and oxygen atoms in total. The third-order valence-corrected chi connectivity index (χ3v) is 10.2. The van der Waals surface area contributed by atoms with E-state index in [9.17, 15) is 23.2 Å². The normalized spacial score (nSPS) is 28.1. The summed E-state index contributed by atoms with van der Waals surface area (Å²) in [6, 6.07) is 6.02. The quantitative estimate of drug-likeness (QED) is 0.461. The number of anilines is 1. The van der Waals surface area contributed by atoms with Crippen molar-refractivity contribution in [3.63, 3.8) is 0 Å². The Morgan fingerprint density at radius 2 is 1.73 bits per heavy atom. The second-order valence-electron chi connectivity index (χ2n) is 12.5. The van der Waals surface area contributed by atoms with Crippen LogP contribution in [-0.2, 0) is 20.1 Å². The highest BCUT2D eigenvalue weighted by molar-refractivity contribution is 6.02. The highest BCUT2D eigenvalue weighted by atomic mass is 19.1. The van der Waals surface area contributed by atoms with E-state index < -0.39 is 31.1 Å². The van der Waals surface area contributed by atoms with Gasteiger partial charge in [0.15, 0.2) is 13.3 Å². The van der Waals surface area contributed by atoms with Crippen LogP contribution in [0.1, 0.15) is 74.7 Å². The predicted octanol–water partition coefficient (Wildman–Crippen LogP) is 4.90. The Morgan fingerprint density at radius 1 is 1.00 bits per heavy atom. The van der Waals surface area contributed by atoms with E-state index in [2.05, 4.69) is 5.32 Å². The molecular weight excluding hydrogens is 530 g/mol. The molecule has 1 aromatic heterocycles. The van der Waals surface area contributed by atoms with Crippen molar-refractivity contribution in [1.29, 1.82) is 0 Å². The number of fused-ring (bicyclic) bond motifs is 3. The van der Waals surface area contributed by atoms with Gasteiger partial charge in [-0.3, -0.25) is 14.2 Å². The minimum absolute atomic E-state index is 0.0654. The average Bonchev–Trinajstić information content (AvgIpc) is 3.69. The number of alkyl halides is 2. The molecule has 0 spiro atoms. The number of likely N-dealkylation sites (tertiary alicyclic amines) is 1. The zero-order valence-corrected chi connectivity index (χ0v) is 23.5. The van der Waals surface area contributed by atoms with Crippen LogP contribution in [-0.4, -0.2) is 59.7 Å². The van der Waals surface area contributed by atoms with Gasteiger partial charge in [-0.05, 0) is 80.7 Å². The van der Waals surface area contributed by atoms with E-state index >= 15 is 0 Å². The molecule has 4 aliphatic rings. The summed E-state index contributed by atoms with van der Waals surface area (Å²) in [5, 5.41) is 3.62. The van der Waals surface area contributed by atoms with Gasteiger partial charge in [-0.25, -0.2) is 13.6 Å². The number of esters is 1. The molecule has 6 rings (SSSR count). The van der Waals surface area contributed by atoms with Crippen molar-refractivity contribution in [1.82, 2.24) is 9.47 Å². The maximum atomic E-state index is 14.0. The summed E-state index contributed by atoms with van der Waals surface area (Å²) in [6.07, 6.45) is 10.1. The molecule has 41 heavy (non-hydrogen) atoms. The lowest BCUT2D eigenvalue weighted by Gasteiger charge is -2.36. The Bertz CT molecular complexity index is 1310. The van der Waals surface area contributed by atoms with Crippen molar-refractivity contribution in [3.05, 3.63) is 30.0 Å². The van der Waals surface area contributed by atoms with Crippen LogP contribution in [0.5, 0.6) is 0 Å². The number of halogens is 2. The molecule has 1 saturated heterocycles. The van der Waals surface area contributed by atoms with Crippen LogP contribution < -0.4 is 11.1 Å². The molecule has 0 bridgehead atoms. The number of amides is 2. The van der Waals surface area contributed by atoms with Gasteiger partial charge in [0.05, 0.1) is 5.52 Å². The van der Waals surface area contributed by atoms with Crippen LogP contribution in [0.2, 0.25) is 0 Å². The predicted molar refractivity (Wildman–Crippen MR) is 151 cm³/mol. The average molecular weight is 571 g/mol. The Morgan fingerprint density at radius 3 is 2.41 bits per heavy atom. The topological polar surface area (TPSA) is 107 Å². The molecule has 3 N–H and O–H groups in total. The summed E-state index contributed by atoms with van der Waals surface area (Å²) in [6.45, 7) is -1.13. The maximum absolute atomic E-state index is 14.0. The largest absolute Gasteiger partial charge is 0.428 e. The number of hydrogen-bond donors (Lipinski definition) is 2. The number of nitrogens with two attached hydrogens (primary N) is 1. The summed E-state index contributed by atoms with van der Waals surface area (Å²) in [4.78, 5) is 42.0. The lowest BCUT2D eigenvalue weighted by Crippen LogP contribution is -2.49. The monoisotopic (exact) mass is 570 g/mol. The second kappa shape index (κ2) is 11.3. The van der Waals surface area contributed by atoms with Gasteiger partial charge < -0.3 is 20.7 Å². The highest BCUT2D eigenvalue weighted by Crippen LogP contribution is 2.42. The number of cyclic esters (lactones) is 1. The molecule has 1 unspecified atom stereocenters. The van der Waals surface area contributed by atoms with Crippen molar-refractivity contribution >= 4 is 34.4 Å². The Kier molecular flexibility index (Phi) is 7.78. The number of benzene rings is 1. The van der Waals surface area contributed by atoms with E-state index in [0.717, 1.165) is 57.8 Å². The molecule has 2 amide bonds. The molecule has 3 fully saturated rings. The van der Waals surface area contributed by atoms with Crippen molar-refractivity contribution < 1.29 is 27.9 Å². The fourth-order valence-electron chi connectivity index (χ4n) is 7.91. The summed E-state index contributed by atoms with van der Waals surface area (Å²) in [5.41, 5.74) is 4.90. The first-order chi connectivity index (χ1) is 19.9. The van der Waals surface area contributed by atoms with Crippen molar-refractivity contribution in [2.45, 2.75) is 76.0 Å². The number of carbonyl (C=O) groups is 3. The molecule has 2 saturated carbocycles. The SMILES string of the molecule is NC[C@H]1CC[C@H](C(=O)N2CCC(C3CCCCC3)[C@H]2C(=O)Nc2ccc3c(c2)cc2n3C(CF)(CF)OC2=O)CC1. The van der Waals surface area contributed by atoms with Crippen LogP contribution >= 0.6 is 0 Å². The Labute approximate surface area is 238 Å². The van der Waals surface area contributed by atoms with Crippen LogP contribution in [0, 0.1) is 23.7 Å². The molecule has 1 aromatic carbocycles. The van der Waals surface area contributed by atoms with E-state index in [4.69, 9.17) is 10.5 Å². The summed E-state index contributed by atoms with van der Waals surface area (Å²) in [7, 11) is 0. The van der Waals surface area contributed by atoms with Gasteiger partial charge in [0.25, 0.3) is 0 Å². The number of hydrogen-bond acceptors (Lipinski definition) is 5. The van der Waals surface area contributed by atoms with Crippen molar-refractivity contribution in [2.75, 3.05) is 31.8 Å². The number of aromatic nitrogens is 1. The van der Waals surface area contributed by atoms with Gasteiger partial charge in [0.2, 0.25) is 17.5 Å². The standard InChI is InChI=1S/C31H40F2N4O4/c32-17-31(18-33)37-25-11-10-23(14-22(25)15-26(37)30(40)41-31)35-28(38)27-24(20-4-2-1-3-5-20)12-13-36(27)29(39)21-8-6-19(16-34)7-9-21/h10-11,14-15,19-21,24,27H,1-9,12-13,16-18,34H2,(H,35,38)/t19-,21-,24?,27-/m0/s1. The van der Waals surface area contributed by atoms with Crippen molar-refractivity contribution in [3.8, 4) is 0 Å². The zero-order chi connectivity index (χ0) is 28.7. The molecule has 0 radical (unpaired) electrons. The smallest absolute Gasteiger partial charge is 0.357 e. The van der Waals surface area contributed by atoms with Gasteiger partial charge in [0, 0.05) is 23.5 Å². The third-order valence-electron chi connectivity index (χ3n) is 10.2. The number of ether oxygens (including phenoxy) is 1. The number of nitrogens with one attached hydrogen (secondary N) is 1. The molecule has 2 aliphatic heterocycles. The van der Waals surface area contributed by atoms with Gasteiger partial charge in [-0.15, -0.1) is 0 Å². The van der Waals surface area contributed by atoms with E-state index in [-0.39, 0.29) is 29.3 Å². The lowest BCUT2D eigenvalue weighted by molar-refractivity contribution is -0.142. The summed E-state index contributed by atoms with van der Waals surface area (Å²) < 4.78 is 34.1. The Balaban J connectivity index is 1.25. The second-order valence-corrected chi connectivity index (χ2v) is 12.5. The van der Waals surface area contributed by atoms with Crippen molar-refractivity contribution in [2.24, 2.45) is 29.4 Å². The molecule has 222 valence electrons. The van der Waals surface area contributed by atoms with E-state index in [0.29, 0.717) is 41.5 Å². The minimum Gasteiger partial charge on any atom is -0.428 e. The fraction of sp³-hybridized carbons (Fsp3) is 0.645. The summed E-state index contributed by atoms with van der Waals surface area (Å²) in [5.74, 6) is 0.0513. The molecule has 3 heterocycles. The van der Waals surface area contributed by atoms with Gasteiger partial charge >= 0.3 is 5.97 Å². The molecule has 2 atom stereocenters. The van der Waals surface area contributed by atoms with Crippen LogP contribution in [0.15, 0.2) is 24.3 Å². The first-order valence-electron chi connectivity index (χ1n) is 15.2. The van der Waals surface area contributed by atoms with E-state index in [1.807, 2.05) is 4.90 Å². The highest BCUT2D eigenvalue weighted by Gasteiger charge is 2.48. The first kappa shape index (κ1) is 28.1. The molecular formula is C31H40F2N4O4. The summed E-state index contributed by atoms with van der Waals surface area (Å²) >= 11 is 0. The Hall–Kier alpha value is -3.01. The van der Waals surface area contributed by atoms with Crippen LogP contribution in [0.3, 0.4) is 0 Å². The maximum Gasteiger partial charge on any atom is 0.357 e. The number of rotatable bonds is 7. The van der Waals surface area contributed by atoms with Crippen LogP contribution in [0.4, 0.5) is 14.5 Å². The third kappa shape index (κ3) is 4.91. The molecule has 2 aliphatic carbocycles. The van der Waals surface area contributed by atoms with Gasteiger partial charge in [-0.1, -0.05) is 32.1 Å². The fourth-order valence-corrected chi connectivity index (χ4v) is 7.91. The number of nitrogens with zero attached hydrogens (tertiary/aromatic N) is 2. The lowest BCUT2D eigenvalue weighted by atomic mass is 9.76. The van der Waals surface area contributed by atoms with Gasteiger partial charge in [-0.2, -0.15) is 0 Å². The first-order valence-corrected chi connectivity index (χ1v) is 15.2. The number of carbonyl (C=O) groups excluding carboxylic acids is 3. The van der Waals surface area contributed by atoms with E-state index in [1.54, 1.807) is 18.2 Å². The minimum atomic E-state index is -2.00. The zero-order valence-electron chi connectivity index (χ0n) is 23.5. The van der Waals surface area contributed by atoms with Crippen LogP contribution in [0.25, 0.3) is 10.9 Å². The molecule has 10 heteroatoms. The van der Waals surface area contributed by atoms with E-state index in [1.165, 1.54) is 17.1 Å². The molecule has 2 aromatic rings.